The zero-order chi connectivity index (χ0) is 12.3. The van der Waals surface area contributed by atoms with Gasteiger partial charge in [-0.05, 0) is 19.1 Å². The van der Waals surface area contributed by atoms with Crippen molar-refractivity contribution in [2.75, 3.05) is 0 Å². The Hall–Kier alpha value is -2.43. The van der Waals surface area contributed by atoms with E-state index in [4.69, 9.17) is 4.74 Å². The Kier molecular flexibility index (Phi) is 3.00. The number of carbonyl (C=O) groups is 1. The van der Waals surface area contributed by atoms with Crippen LogP contribution in [0.3, 0.4) is 0 Å². The molecule has 5 nitrogen and oxygen atoms in total. The smallest absolute Gasteiger partial charge is 0.345 e. The quantitative estimate of drug-likeness (QED) is 0.814. The van der Waals surface area contributed by atoms with E-state index in [0.717, 1.165) is 0 Å². The van der Waals surface area contributed by atoms with E-state index < -0.39 is 5.69 Å². The van der Waals surface area contributed by atoms with Crippen LogP contribution < -0.4 is 10.4 Å². The average Bonchev–Trinajstić information content (AvgIpc) is 2.33. The molecule has 1 heterocycles. The highest BCUT2D eigenvalue weighted by Crippen LogP contribution is 2.24. The lowest BCUT2D eigenvalue weighted by molar-refractivity contribution is 0.112. The number of rotatable bonds is 3. The fourth-order valence-electron chi connectivity index (χ4n) is 1.36. The van der Waals surface area contributed by atoms with E-state index in [9.17, 15) is 9.59 Å². The number of nitrogens with one attached hydrogen (secondary N) is 1. The van der Waals surface area contributed by atoms with Crippen LogP contribution in [-0.2, 0) is 0 Å². The van der Waals surface area contributed by atoms with E-state index in [1.165, 1.54) is 6.20 Å². The Morgan fingerprint density at radius 2 is 2.06 bits per heavy atom. The van der Waals surface area contributed by atoms with Crippen molar-refractivity contribution < 1.29 is 9.53 Å². The summed E-state index contributed by atoms with van der Waals surface area (Å²) >= 11 is 0. The molecule has 1 aromatic heterocycles. The molecule has 0 saturated heterocycles. The molecule has 0 aliphatic heterocycles. The summed E-state index contributed by atoms with van der Waals surface area (Å²) in [4.78, 5) is 27.8. The van der Waals surface area contributed by atoms with Crippen molar-refractivity contribution in [3.8, 4) is 11.5 Å². The minimum Gasteiger partial charge on any atom is -0.453 e. The topological polar surface area (TPSA) is 72.1 Å². The van der Waals surface area contributed by atoms with Gasteiger partial charge in [0.05, 0.1) is 17.5 Å². The van der Waals surface area contributed by atoms with Crippen molar-refractivity contribution in [1.29, 1.82) is 0 Å². The van der Waals surface area contributed by atoms with Gasteiger partial charge in [-0.3, -0.25) is 4.79 Å². The number of benzene rings is 1. The fourth-order valence-corrected chi connectivity index (χ4v) is 1.36. The van der Waals surface area contributed by atoms with Gasteiger partial charge in [0.15, 0.2) is 12.0 Å². The standard InChI is InChI=1S/C12H10N2O3/c1-8-11(6-13-12(16)14-8)17-10-5-3-2-4-9(10)7-15/h2-7H,1H3,(H,13,14,16). The highest BCUT2D eigenvalue weighted by atomic mass is 16.5. The monoisotopic (exact) mass is 230 g/mol. The fraction of sp³-hybridized carbons (Fsp3) is 0.0833. The van der Waals surface area contributed by atoms with Gasteiger partial charge in [-0.15, -0.1) is 0 Å². The highest BCUT2D eigenvalue weighted by Gasteiger charge is 2.06. The van der Waals surface area contributed by atoms with Crippen LogP contribution in [0.25, 0.3) is 0 Å². The summed E-state index contributed by atoms with van der Waals surface area (Å²) in [6.07, 6.45) is 2.04. The third-order valence-corrected chi connectivity index (χ3v) is 2.23. The van der Waals surface area contributed by atoms with Gasteiger partial charge in [-0.2, -0.15) is 4.98 Å². The first-order chi connectivity index (χ1) is 8.20. The summed E-state index contributed by atoms with van der Waals surface area (Å²) in [5.41, 5.74) is 0.572. The van der Waals surface area contributed by atoms with Crippen molar-refractivity contribution in [3.05, 3.63) is 52.2 Å². The molecule has 1 N–H and O–H groups in total. The summed E-state index contributed by atoms with van der Waals surface area (Å²) in [6.45, 7) is 1.70. The molecule has 2 aromatic rings. The minimum atomic E-state index is -0.432. The number of para-hydroxylation sites is 1. The number of hydrogen-bond acceptors (Lipinski definition) is 4. The molecule has 86 valence electrons. The van der Waals surface area contributed by atoms with Crippen LogP contribution in [0.1, 0.15) is 16.1 Å². The molecule has 0 radical (unpaired) electrons. The lowest BCUT2D eigenvalue weighted by atomic mass is 10.2. The zero-order valence-electron chi connectivity index (χ0n) is 9.14. The number of aromatic amines is 1. The number of H-pyrrole nitrogens is 1. The SMILES string of the molecule is Cc1[nH]c(=O)ncc1Oc1ccccc1C=O. The van der Waals surface area contributed by atoms with Gasteiger partial charge < -0.3 is 9.72 Å². The molecule has 0 bridgehead atoms. The second kappa shape index (κ2) is 4.61. The van der Waals surface area contributed by atoms with E-state index >= 15 is 0 Å². The van der Waals surface area contributed by atoms with Crippen molar-refractivity contribution >= 4 is 6.29 Å². The third kappa shape index (κ3) is 2.39. The Labute approximate surface area is 97.1 Å². The number of carbonyl (C=O) groups excluding carboxylic acids is 1. The van der Waals surface area contributed by atoms with E-state index in [1.807, 2.05) is 0 Å². The van der Waals surface area contributed by atoms with Crippen LogP contribution in [0.15, 0.2) is 35.3 Å². The van der Waals surface area contributed by atoms with Gasteiger partial charge >= 0.3 is 5.69 Å². The third-order valence-electron chi connectivity index (χ3n) is 2.23. The molecule has 0 saturated carbocycles. The summed E-state index contributed by atoms with van der Waals surface area (Å²) in [7, 11) is 0. The molecule has 17 heavy (non-hydrogen) atoms. The molecule has 5 heteroatoms. The Balaban J connectivity index is 2.37. The molecule has 2 rings (SSSR count). The summed E-state index contributed by atoms with van der Waals surface area (Å²) < 4.78 is 5.52. The first-order valence-corrected chi connectivity index (χ1v) is 4.98. The zero-order valence-corrected chi connectivity index (χ0v) is 9.14. The first-order valence-electron chi connectivity index (χ1n) is 4.98. The normalized spacial score (nSPS) is 9.94. The lowest BCUT2D eigenvalue weighted by Crippen LogP contribution is -2.11. The van der Waals surface area contributed by atoms with Crippen molar-refractivity contribution in [2.24, 2.45) is 0 Å². The van der Waals surface area contributed by atoms with Crippen molar-refractivity contribution in [2.45, 2.75) is 6.92 Å². The maximum absolute atomic E-state index is 10.9. The van der Waals surface area contributed by atoms with Crippen LogP contribution in [0.5, 0.6) is 11.5 Å². The number of aromatic nitrogens is 2. The second-order valence-corrected chi connectivity index (χ2v) is 3.44. The molecular weight excluding hydrogens is 220 g/mol. The number of hydrogen-bond donors (Lipinski definition) is 1. The maximum atomic E-state index is 10.9. The minimum absolute atomic E-state index is 0.416. The van der Waals surface area contributed by atoms with E-state index in [-0.39, 0.29) is 0 Å². The maximum Gasteiger partial charge on any atom is 0.345 e. The Morgan fingerprint density at radius 3 is 2.76 bits per heavy atom. The predicted molar refractivity (Wildman–Crippen MR) is 61.5 cm³/mol. The van der Waals surface area contributed by atoms with Gasteiger partial charge in [0.1, 0.15) is 5.75 Å². The van der Waals surface area contributed by atoms with Gasteiger partial charge in [-0.1, -0.05) is 12.1 Å². The van der Waals surface area contributed by atoms with Gasteiger partial charge in [0.2, 0.25) is 0 Å². The largest absolute Gasteiger partial charge is 0.453 e. The first kappa shape index (κ1) is 11.1. The van der Waals surface area contributed by atoms with Gasteiger partial charge in [-0.25, -0.2) is 4.79 Å². The van der Waals surface area contributed by atoms with Crippen LogP contribution >= 0.6 is 0 Å². The van der Waals surface area contributed by atoms with Crippen molar-refractivity contribution in [3.63, 3.8) is 0 Å². The highest BCUT2D eigenvalue weighted by molar-refractivity contribution is 5.79. The number of aldehydes is 1. The van der Waals surface area contributed by atoms with E-state index in [2.05, 4.69) is 9.97 Å². The summed E-state index contributed by atoms with van der Waals surface area (Å²) in [5, 5.41) is 0. The number of nitrogens with zero attached hydrogens (tertiary/aromatic N) is 1. The second-order valence-electron chi connectivity index (χ2n) is 3.44. The summed E-state index contributed by atoms with van der Waals surface area (Å²) in [6, 6.07) is 6.83. The van der Waals surface area contributed by atoms with Crippen LogP contribution in [0.4, 0.5) is 0 Å². The van der Waals surface area contributed by atoms with Crippen LogP contribution in [0.2, 0.25) is 0 Å². The number of ether oxygens (including phenoxy) is 1. The average molecular weight is 230 g/mol. The Morgan fingerprint density at radius 1 is 1.29 bits per heavy atom. The molecule has 0 spiro atoms. The number of aryl methyl sites for hydroxylation is 1. The van der Waals surface area contributed by atoms with Gasteiger partial charge in [0, 0.05) is 0 Å². The molecule has 0 atom stereocenters. The lowest BCUT2D eigenvalue weighted by Gasteiger charge is -2.08. The van der Waals surface area contributed by atoms with Crippen LogP contribution in [-0.4, -0.2) is 16.3 Å². The predicted octanol–water partition coefficient (Wildman–Crippen LogP) is 1.68. The molecular formula is C12H10N2O3. The molecule has 0 aliphatic carbocycles. The molecule has 0 aliphatic rings. The van der Waals surface area contributed by atoms with Crippen LogP contribution in [0, 0.1) is 6.92 Å². The molecule has 0 amide bonds. The van der Waals surface area contributed by atoms with E-state index in [0.29, 0.717) is 29.0 Å². The molecule has 1 aromatic carbocycles. The van der Waals surface area contributed by atoms with E-state index in [1.54, 1.807) is 31.2 Å². The molecule has 0 fully saturated rings. The summed E-state index contributed by atoms with van der Waals surface area (Å²) in [5.74, 6) is 0.846. The van der Waals surface area contributed by atoms with Gasteiger partial charge in [0.25, 0.3) is 0 Å². The van der Waals surface area contributed by atoms with Crippen molar-refractivity contribution in [1.82, 2.24) is 9.97 Å². The Bertz CT molecular complexity index is 605. The molecule has 0 unspecified atom stereocenters.